The van der Waals surface area contributed by atoms with Gasteiger partial charge in [-0.25, -0.2) is 10.5 Å². The highest BCUT2D eigenvalue weighted by Gasteiger charge is 2.14. The Morgan fingerprint density at radius 2 is 2.08 bits per heavy atom. The Labute approximate surface area is 147 Å². The molecule has 3 rings (SSSR count). The summed E-state index contributed by atoms with van der Waals surface area (Å²) in [5, 5.41) is 29.9. The van der Waals surface area contributed by atoms with E-state index in [0.29, 0.717) is 22.0 Å². The van der Waals surface area contributed by atoms with Crippen molar-refractivity contribution < 1.29 is 15.0 Å². The standard InChI is InChI=1S/C17H15N5O4/c1-9-15(24)13(10(8-23)6-18-9)7-19-21-17(26)14-11-4-2-3-5-12(11)16(25)22-20-14/h2-7,23-24H,8H2,1H3,(H,21,26)(H,22,25)/b19-7+. The summed E-state index contributed by atoms with van der Waals surface area (Å²) in [6.45, 7) is 1.25. The molecule has 3 aromatic rings. The van der Waals surface area contributed by atoms with Crippen molar-refractivity contribution >= 4 is 22.9 Å². The van der Waals surface area contributed by atoms with Crippen molar-refractivity contribution in [1.29, 1.82) is 0 Å². The first-order valence-electron chi connectivity index (χ1n) is 7.62. The number of aliphatic hydroxyl groups excluding tert-OH is 1. The molecule has 4 N–H and O–H groups in total. The zero-order valence-electron chi connectivity index (χ0n) is 13.7. The van der Waals surface area contributed by atoms with E-state index in [2.05, 4.69) is 25.7 Å². The third-order valence-electron chi connectivity index (χ3n) is 3.80. The Morgan fingerprint density at radius 3 is 2.81 bits per heavy atom. The van der Waals surface area contributed by atoms with Crippen molar-refractivity contribution in [2.75, 3.05) is 0 Å². The van der Waals surface area contributed by atoms with Gasteiger partial charge in [-0.15, -0.1) is 0 Å². The SMILES string of the molecule is Cc1ncc(CO)c(/C=N/NC(=O)c2n[nH]c(=O)c3ccccc23)c1O. The topological polar surface area (TPSA) is 141 Å². The number of aromatic hydroxyl groups is 1. The maximum atomic E-state index is 12.3. The van der Waals surface area contributed by atoms with E-state index in [1.807, 2.05) is 0 Å². The van der Waals surface area contributed by atoms with Crippen LogP contribution in [-0.2, 0) is 6.61 Å². The zero-order valence-corrected chi connectivity index (χ0v) is 13.7. The van der Waals surface area contributed by atoms with Crippen molar-refractivity contribution in [2.45, 2.75) is 13.5 Å². The number of benzene rings is 1. The van der Waals surface area contributed by atoms with E-state index < -0.39 is 11.5 Å². The number of amides is 1. The lowest BCUT2D eigenvalue weighted by atomic mass is 10.1. The summed E-state index contributed by atoms with van der Waals surface area (Å²) in [4.78, 5) is 28.0. The highest BCUT2D eigenvalue weighted by atomic mass is 16.3. The summed E-state index contributed by atoms with van der Waals surface area (Å²) in [7, 11) is 0. The van der Waals surface area contributed by atoms with Gasteiger partial charge in [0.25, 0.3) is 11.5 Å². The molecule has 0 unspecified atom stereocenters. The first-order chi connectivity index (χ1) is 12.5. The predicted octanol–water partition coefficient (Wildman–Crippen LogP) is 0.588. The van der Waals surface area contributed by atoms with Gasteiger partial charge in [-0.2, -0.15) is 10.2 Å². The van der Waals surface area contributed by atoms with Crippen LogP contribution in [0.2, 0.25) is 0 Å². The summed E-state index contributed by atoms with van der Waals surface area (Å²) >= 11 is 0. The molecule has 0 bridgehead atoms. The van der Waals surface area contributed by atoms with E-state index >= 15 is 0 Å². The van der Waals surface area contributed by atoms with Crippen molar-refractivity contribution in [2.24, 2.45) is 5.10 Å². The third-order valence-corrected chi connectivity index (χ3v) is 3.80. The lowest BCUT2D eigenvalue weighted by Gasteiger charge is -2.07. The highest BCUT2D eigenvalue weighted by molar-refractivity contribution is 6.05. The molecule has 2 aromatic heterocycles. The van der Waals surface area contributed by atoms with Gasteiger partial charge in [-0.05, 0) is 13.0 Å². The van der Waals surface area contributed by atoms with E-state index in [0.717, 1.165) is 0 Å². The van der Waals surface area contributed by atoms with Crippen molar-refractivity contribution in [3.8, 4) is 5.75 Å². The average Bonchev–Trinajstić information content (AvgIpc) is 2.65. The minimum atomic E-state index is -0.635. The number of fused-ring (bicyclic) bond motifs is 1. The van der Waals surface area contributed by atoms with E-state index in [1.54, 1.807) is 31.2 Å². The Morgan fingerprint density at radius 1 is 1.35 bits per heavy atom. The molecule has 0 fully saturated rings. The summed E-state index contributed by atoms with van der Waals surface area (Å²) in [5.41, 5.74) is 2.87. The van der Waals surface area contributed by atoms with E-state index in [1.165, 1.54) is 12.4 Å². The molecule has 1 amide bonds. The van der Waals surface area contributed by atoms with Crippen LogP contribution in [0.15, 0.2) is 40.4 Å². The van der Waals surface area contributed by atoms with Gasteiger partial charge in [-0.3, -0.25) is 14.6 Å². The molecule has 0 aliphatic carbocycles. The number of aromatic amines is 1. The second kappa shape index (κ2) is 7.11. The van der Waals surface area contributed by atoms with Crippen LogP contribution in [0.3, 0.4) is 0 Å². The smallest absolute Gasteiger partial charge is 0.292 e. The number of nitrogens with one attached hydrogen (secondary N) is 2. The molecule has 9 heteroatoms. The fraction of sp³-hybridized carbons (Fsp3) is 0.118. The molecule has 132 valence electrons. The number of hydrogen-bond donors (Lipinski definition) is 4. The number of hydrazone groups is 1. The van der Waals surface area contributed by atoms with Gasteiger partial charge >= 0.3 is 0 Å². The number of aromatic nitrogens is 3. The molecule has 0 aliphatic heterocycles. The first-order valence-corrected chi connectivity index (χ1v) is 7.62. The lowest BCUT2D eigenvalue weighted by Crippen LogP contribution is -2.22. The number of aryl methyl sites for hydroxylation is 1. The van der Waals surface area contributed by atoms with Gasteiger partial charge in [0.1, 0.15) is 5.75 Å². The molecule has 9 nitrogen and oxygen atoms in total. The molecule has 0 aliphatic rings. The lowest BCUT2D eigenvalue weighted by molar-refractivity contribution is 0.0951. The maximum absolute atomic E-state index is 12.3. The summed E-state index contributed by atoms with van der Waals surface area (Å²) in [6, 6.07) is 6.57. The van der Waals surface area contributed by atoms with E-state index in [9.17, 15) is 19.8 Å². The third kappa shape index (κ3) is 3.15. The molecule has 0 spiro atoms. The van der Waals surface area contributed by atoms with Crippen LogP contribution in [-0.4, -0.2) is 37.5 Å². The number of rotatable bonds is 4. The Hall–Kier alpha value is -3.59. The summed E-state index contributed by atoms with van der Waals surface area (Å²) < 4.78 is 0. The van der Waals surface area contributed by atoms with Crippen molar-refractivity contribution in [1.82, 2.24) is 20.6 Å². The monoisotopic (exact) mass is 353 g/mol. The quantitative estimate of drug-likeness (QED) is 0.400. The van der Waals surface area contributed by atoms with Crippen LogP contribution in [0.5, 0.6) is 5.75 Å². The highest BCUT2D eigenvalue weighted by Crippen LogP contribution is 2.21. The minimum absolute atomic E-state index is 0.00913. The molecule has 0 atom stereocenters. The normalized spacial score (nSPS) is 11.2. The van der Waals surface area contributed by atoms with Crippen LogP contribution in [0.1, 0.15) is 27.3 Å². The molecule has 0 saturated carbocycles. The predicted molar refractivity (Wildman–Crippen MR) is 94.0 cm³/mol. The Balaban J connectivity index is 1.89. The number of carbonyl (C=O) groups excluding carboxylic acids is 1. The summed E-state index contributed by atoms with van der Waals surface area (Å²) in [5.74, 6) is -0.772. The number of hydrogen-bond acceptors (Lipinski definition) is 7. The second-order valence-electron chi connectivity index (χ2n) is 5.44. The van der Waals surface area contributed by atoms with E-state index in [-0.39, 0.29) is 23.6 Å². The number of nitrogens with zero attached hydrogens (tertiary/aromatic N) is 3. The van der Waals surface area contributed by atoms with Gasteiger partial charge in [0, 0.05) is 22.7 Å². The van der Waals surface area contributed by atoms with Gasteiger partial charge in [0.05, 0.1) is 23.9 Å². The Bertz CT molecular complexity index is 1070. The van der Waals surface area contributed by atoms with Crippen LogP contribution in [0.4, 0.5) is 0 Å². The summed E-state index contributed by atoms with van der Waals surface area (Å²) in [6.07, 6.45) is 2.62. The second-order valence-corrected chi connectivity index (χ2v) is 5.44. The molecule has 26 heavy (non-hydrogen) atoms. The fourth-order valence-electron chi connectivity index (χ4n) is 2.42. The van der Waals surface area contributed by atoms with Crippen LogP contribution in [0.25, 0.3) is 10.8 Å². The number of carbonyl (C=O) groups is 1. The molecule has 2 heterocycles. The van der Waals surface area contributed by atoms with Gasteiger partial charge in [0.2, 0.25) is 0 Å². The molecule has 1 aromatic carbocycles. The van der Waals surface area contributed by atoms with Gasteiger partial charge < -0.3 is 10.2 Å². The average molecular weight is 353 g/mol. The van der Waals surface area contributed by atoms with Crippen LogP contribution >= 0.6 is 0 Å². The molecular formula is C17H15N5O4. The van der Waals surface area contributed by atoms with E-state index in [4.69, 9.17) is 0 Å². The molecule has 0 saturated heterocycles. The van der Waals surface area contributed by atoms with Gasteiger partial charge in [0.15, 0.2) is 5.69 Å². The zero-order chi connectivity index (χ0) is 18.7. The number of aliphatic hydroxyl groups is 1. The van der Waals surface area contributed by atoms with Crippen molar-refractivity contribution in [3.05, 3.63) is 63.3 Å². The fourth-order valence-corrected chi connectivity index (χ4v) is 2.42. The molecular weight excluding hydrogens is 338 g/mol. The van der Waals surface area contributed by atoms with Gasteiger partial charge in [-0.1, -0.05) is 18.2 Å². The van der Waals surface area contributed by atoms with Crippen molar-refractivity contribution in [3.63, 3.8) is 0 Å². The largest absolute Gasteiger partial charge is 0.505 e. The maximum Gasteiger partial charge on any atom is 0.292 e. The first kappa shape index (κ1) is 17.2. The van der Waals surface area contributed by atoms with Crippen LogP contribution in [0, 0.1) is 6.92 Å². The molecule has 0 radical (unpaired) electrons. The Kier molecular flexibility index (Phi) is 4.72. The van der Waals surface area contributed by atoms with Crippen LogP contribution < -0.4 is 11.0 Å². The number of H-pyrrole nitrogens is 1. The number of pyridine rings is 1. The minimum Gasteiger partial charge on any atom is -0.505 e.